The first-order valence-corrected chi connectivity index (χ1v) is 14.0. The van der Waals surface area contributed by atoms with E-state index in [1.54, 1.807) is 6.92 Å². The second-order valence-electron chi connectivity index (χ2n) is 11.3. The van der Waals surface area contributed by atoms with Crippen LogP contribution in [-0.2, 0) is 11.3 Å². The summed E-state index contributed by atoms with van der Waals surface area (Å²) in [5.74, 6) is 2.46. The van der Waals surface area contributed by atoms with Crippen molar-refractivity contribution in [2.75, 3.05) is 0 Å². The van der Waals surface area contributed by atoms with Gasteiger partial charge in [-0.1, -0.05) is 52.2 Å². The highest BCUT2D eigenvalue weighted by Crippen LogP contribution is 2.43. The Kier molecular flexibility index (Phi) is 10.3. The van der Waals surface area contributed by atoms with Crippen LogP contribution >= 0.6 is 0 Å². The number of carbonyl (C=O) groups is 2. The van der Waals surface area contributed by atoms with E-state index in [0.717, 1.165) is 30.7 Å². The average Bonchev–Trinajstić information content (AvgIpc) is 2.88. The van der Waals surface area contributed by atoms with E-state index in [1.165, 1.54) is 44.9 Å². The molecule has 2 saturated carbocycles. The number of amides is 2. The molecule has 2 amide bonds. The standard InChI is InChI=1S/C30H46N4O2/c1-6-30(18-16-26(17-19-30)22(2)3)34(28(35)20-24-10-8-7-9-11-24)21-25-12-14-27(15-13-25)29(36)32-23(4)33-31-5/h12-15,22,24,26H,5-11,16-21H2,1-4H3,(H,32,33,36). The van der Waals surface area contributed by atoms with Crippen LogP contribution in [0.5, 0.6) is 0 Å². The Hall–Kier alpha value is -2.50. The predicted molar refractivity (Wildman–Crippen MR) is 148 cm³/mol. The molecule has 0 aromatic heterocycles. The van der Waals surface area contributed by atoms with Crippen molar-refractivity contribution in [3.8, 4) is 0 Å². The molecule has 6 nitrogen and oxygen atoms in total. The van der Waals surface area contributed by atoms with Crippen LogP contribution in [0.2, 0.25) is 0 Å². The molecule has 2 fully saturated rings. The van der Waals surface area contributed by atoms with Crippen LogP contribution < -0.4 is 5.32 Å². The molecule has 0 radical (unpaired) electrons. The van der Waals surface area contributed by atoms with Crippen LogP contribution in [0.1, 0.15) is 114 Å². The zero-order chi connectivity index (χ0) is 26.1. The van der Waals surface area contributed by atoms with Crippen LogP contribution in [0, 0.1) is 17.8 Å². The maximum atomic E-state index is 13.9. The van der Waals surface area contributed by atoms with E-state index in [4.69, 9.17) is 0 Å². The third-order valence-electron chi connectivity index (χ3n) is 8.70. The monoisotopic (exact) mass is 494 g/mol. The lowest BCUT2D eigenvalue weighted by molar-refractivity contribution is -0.142. The molecule has 198 valence electrons. The van der Waals surface area contributed by atoms with Gasteiger partial charge in [-0.2, -0.15) is 5.10 Å². The van der Waals surface area contributed by atoms with Crippen molar-refractivity contribution >= 4 is 24.4 Å². The van der Waals surface area contributed by atoms with Crippen LogP contribution in [0.25, 0.3) is 0 Å². The van der Waals surface area contributed by atoms with Gasteiger partial charge in [-0.15, -0.1) is 5.10 Å². The van der Waals surface area contributed by atoms with Gasteiger partial charge >= 0.3 is 0 Å². The van der Waals surface area contributed by atoms with Crippen LogP contribution in [-0.4, -0.2) is 34.8 Å². The maximum absolute atomic E-state index is 13.9. The van der Waals surface area contributed by atoms with Gasteiger partial charge in [0.25, 0.3) is 5.91 Å². The van der Waals surface area contributed by atoms with Gasteiger partial charge in [0.1, 0.15) is 5.84 Å². The summed E-state index contributed by atoms with van der Waals surface area (Å²) in [4.78, 5) is 28.6. The molecular formula is C30H46N4O2. The van der Waals surface area contributed by atoms with Gasteiger partial charge in [0.2, 0.25) is 5.91 Å². The molecule has 0 heterocycles. The van der Waals surface area contributed by atoms with Crippen molar-refractivity contribution < 1.29 is 9.59 Å². The number of nitrogens with zero attached hydrogens (tertiary/aromatic N) is 3. The Morgan fingerprint density at radius 2 is 1.72 bits per heavy atom. The molecule has 1 N–H and O–H groups in total. The van der Waals surface area contributed by atoms with Crippen molar-refractivity contribution in [2.24, 2.45) is 28.0 Å². The van der Waals surface area contributed by atoms with Crippen molar-refractivity contribution in [3.63, 3.8) is 0 Å². The molecule has 0 saturated heterocycles. The lowest BCUT2D eigenvalue weighted by Gasteiger charge is -2.49. The van der Waals surface area contributed by atoms with Gasteiger partial charge < -0.3 is 10.2 Å². The Labute approximate surface area is 218 Å². The third kappa shape index (κ3) is 7.27. The third-order valence-corrected chi connectivity index (χ3v) is 8.70. The largest absolute Gasteiger partial charge is 0.333 e. The van der Waals surface area contributed by atoms with Crippen LogP contribution in [0.4, 0.5) is 0 Å². The summed E-state index contributed by atoms with van der Waals surface area (Å²) in [5.41, 5.74) is 1.55. The number of hydrogen-bond donors (Lipinski definition) is 1. The number of benzene rings is 1. The Balaban J connectivity index is 1.79. The SMILES string of the molecule is C=N/N=C(\C)NC(=O)c1ccc(CN(C(=O)CC2CCCCC2)C2(CC)CCC(C(C)C)CC2)cc1. The van der Waals surface area contributed by atoms with Gasteiger partial charge in [-0.05, 0) is 87.3 Å². The Bertz CT molecular complexity index is 907. The molecule has 2 aliphatic rings. The lowest BCUT2D eigenvalue weighted by Crippen LogP contribution is -2.53. The lowest BCUT2D eigenvalue weighted by atomic mass is 9.70. The molecule has 0 unspecified atom stereocenters. The van der Waals surface area contributed by atoms with Gasteiger partial charge in [-0.25, -0.2) is 0 Å². The van der Waals surface area contributed by atoms with Crippen molar-refractivity contribution in [3.05, 3.63) is 35.4 Å². The average molecular weight is 495 g/mol. The minimum Gasteiger partial charge on any atom is -0.333 e. The summed E-state index contributed by atoms with van der Waals surface area (Å²) in [6, 6.07) is 7.63. The first-order chi connectivity index (χ1) is 17.3. The second kappa shape index (κ2) is 13.2. The number of nitrogens with one attached hydrogen (secondary N) is 1. The first kappa shape index (κ1) is 28.1. The minimum atomic E-state index is -0.228. The highest BCUT2D eigenvalue weighted by atomic mass is 16.2. The normalized spacial score (nSPS) is 23.4. The molecule has 2 aliphatic carbocycles. The summed E-state index contributed by atoms with van der Waals surface area (Å²) in [6.07, 6.45) is 12.4. The topological polar surface area (TPSA) is 74.1 Å². The fourth-order valence-corrected chi connectivity index (χ4v) is 6.24. The van der Waals surface area contributed by atoms with Gasteiger partial charge in [0, 0.05) is 30.8 Å². The van der Waals surface area contributed by atoms with E-state index in [2.05, 4.69) is 47.9 Å². The van der Waals surface area contributed by atoms with Crippen LogP contribution in [0.3, 0.4) is 0 Å². The van der Waals surface area contributed by atoms with Gasteiger partial charge in [0.05, 0.1) is 0 Å². The van der Waals surface area contributed by atoms with E-state index >= 15 is 0 Å². The molecule has 0 bridgehead atoms. The minimum absolute atomic E-state index is 0.0710. The number of carbonyl (C=O) groups excluding carboxylic acids is 2. The Morgan fingerprint density at radius 1 is 1.08 bits per heavy atom. The molecule has 3 rings (SSSR count). The molecular weight excluding hydrogens is 448 g/mol. The molecule has 0 aliphatic heterocycles. The Morgan fingerprint density at radius 3 is 2.28 bits per heavy atom. The fraction of sp³-hybridized carbons (Fsp3) is 0.667. The highest BCUT2D eigenvalue weighted by molar-refractivity contribution is 6.05. The smallest absolute Gasteiger partial charge is 0.256 e. The summed E-state index contributed by atoms with van der Waals surface area (Å²) in [5, 5.41) is 9.91. The first-order valence-electron chi connectivity index (χ1n) is 14.0. The molecule has 6 heteroatoms. The number of hydrogen-bond acceptors (Lipinski definition) is 4. The number of rotatable bonds is 9. The van der Waals surface area contributed by atoms with E-state index < -0.39 is 0 Å². The van der Waals surface area contributed by atoms with E-state index in [0.29, 0.717) is 42.1 Å². The van der Waals surface area contributed by atoms with Gasteiger partial charge in [0.15, 0.2) is 0 Å². The fourth-order valence-electron chi connectivity index (χ4n) is 6.24. The van der Waals surface area contributed by atoms with Crippen LogP contribution in [0.15, 0.2) is 34.5 Å². The number of amidine groups is 1. The predicted octanol–water partition coefficient (Wildman–Crippen LogP) is 6.74. The summed E-state index contributed by atoms with van der Waals surface area (Å²) in [7, 11) is 0. The van der Waals surface area contributed by atoms with E-state index in [1.807, 2.05) is 24.3 Å². The van der Waals surface area contributed by atoms with Gasteiger partial charge in [-0.3, -0.25) is 9.59 Å². The zero-order valence-electron chi connectivity index (χ0n) is 22.9. The molecule has 0 spiro atoms. The molecule has 36 heavy (non-hydrogen) atoms. The van der Waals surface area contributed by atoms with Crippen molar-refractivity contribution in [1.82, 2.24) is 10.2 Å². The highest BCUT2D eigenvalue weighted by Gasteiger charge is 2.42. The zero-order valence-corrected chi connectivity index (χ0v) is 22.9. The molecule has 1 aromatic rings. The van der Waals surface area contributed by atoms with E-state index in [-0.39, 0.29) is 11.4 Å². The summed E-state index contributed by atoms with van der Waals surface area (Å²) in [6.45, 7) is 12.5. The van der Waals surface area contributed by atoms with Crippen molar-refractivity contribution in [2.45, 2.75) is 110 Å². The summed E-state index contributed by atoms with van der Waals surface area (Å²) >= 11 is 0. The quantitative estimate of drug-likeness (QED) is 0.234. The second-order valence-corrected chi connectivity index (χ2v) is 11.3. The van der Waals surface area contributed by atoms with Crippen molar-refractivity contribution in [1.29, 1.82) is 0 Å². The maximum Gasteiger partial charge on any atom is 0.256 e. The molecule has 1 aromatic carbocycles. The summed E-state index contributed by atoms with van der Waals surface area (Å²) < 4.78 is 0. The molecule has 0 atom stereocenters. The van der Waals surface area contributed by atoms with E-state index in [9.17, 15) is 9.59 Å².